The predicted octanol–water partition coefficient (Wildman–Crippen LogP) is 18.2. The molecule has 4 heteroatoms. The van der Waals surface area contributed by atoms with E-state index in [0.29, 0.717) is 0 Å². The van der Waals surface area contributed by atoms with Crippen LogP contribution in [-0.4, -0.2) is 7.28 Å². The Hall–Kier alpha value is -6.36. The van der Waals surface area contributed by atoms with Crippen molar-refractivity contribution >= 4 is 78.2 Å². The van der Waals surface area contributed by atoms with Crippen LogP contribution in [0.25, 0.3) is 54.2 Å². The second-order valence-electron chi connectivity index (χ2n) is 24.5. The summed E-state index contributed by atoms with van der Waals surface area (Å²) in [7, 11) is 2.56. The van der Waals surface area contributed by atoms with Gasteiger partial charge in [-0.2, -0.15) is 0 Å². The van der Waals surface area contributed by atoms with E-state index in [2.05, 4.69) is 240 Å². The van der Waals surface area contributed by atoms with E-state index in [1.807, 2.05) is 11.3 Å². The van der Waals surface area contributed by atoms with Crippen molar-refractivity contribution in [1.82, 2.24) is 0 Å². The Morgan fingerprint density at radius 3 is 1.68 bits per heavy atom. The van der Waals surface area contributed by atoms with E-state index in [1.165, 1.54) is 145 Å². The molecule has 0 saturated heterocycles. The fourth-order valence-electron chi connectivity index (χ4n) is 13.0. The number of nitrogens with one attached hydrogen (secondary N) is 1. The smallest absolute Gasteiger partial charge is 0.211 e. The van der Waals surface area contributed by atoms with E-state index in [0.717, 1.165) is 17.8 Å². The maximum Gasteiger partial charge on any atom is 0.211 e. The SMILES string of the molecule is Cc1cc(C)c(-c2cc(-c3cc4ccccc4cc3Nc3ccc(-c4ccccc4)cc3)c3c(c2)N(c2cc4c(cc2C)C(C)(C)CCC4(C)C)c2c(sc4cc5c(cc24)C(C)(C)CCC5(C)C)[B]3)c(C)c1. The van der Waals surface area contributed by atoms with Crippen LogP contribution >= 0.6 is 11.3 Å². The quantitative estimate of drug-likeness (QED) is 0.167. The summed E-state index contributed by atoms with van der Waals surface area (Å²) in [6.07, 6.45) is 4.72. The van der Waals surface area contributed by atoms with Crippen molar-refractivity contribution in [3.8, 4) is 33.4 Å². The summed E-state index contributed by atoms with van der Waals surface area (Å²) in [5.74, 6) is 0. The van der Waals surface area contributed by atoms with Crippen molar-refractivity contribution < 1.29 is 0 Å². The molecule has 0 unspecified atom stereocenters. The second-order valence-corrected chi connectivity index (χ2v) is 25.5. The van der Waals surface area contributed by atoms with Crippen molar-refractivity contribution in [2.45, 2.75) is 130 Å². The van der Waals surface area contributed by atoms with Gasteiger partial charge >= 0.3 is 0 Å². The van der Waals surface area contributed by atoms with Gasteiger partial charge in [0.05, 0.1) is 5.69 Å². The molecular weight excluding hydrogens is 888 g/mol. The monoisotopic (exact) mass is 956 g/mol. The van der Waals surface area contributed by atoms with Gasteiger partial charge in [0.15, 0.2) is 0 Å². The highest BCUT2D eigenvalue weighted by atomic mass is 32.1. The van der Waals surface area contributed by atoms with Crippen LogP contribution in [0.5, 0.6) is 0 Å². The summed E-state index contributed by atoms with van der Waals surface area (Å²) in [5.41, 5.74) is 26.1. The molecule has 1 aliphatic heterocycles. The largest absolute Gasteiger partial charge is 0.355 e. The number of benzene rings is 8. The van der Waals surface area contributed by atoms with Crippen molar-refractivity contribution in [3.05, 3.63) is 184 Å². The maximum absolute atomic E-state index is 4.00. The first kappa shape index (κ1) is 46.7. The molecule has 3 aliphatic rings. The zero-order valence-electron chi connectivity index (χ0n) is 44.5. The molecule has 2 aliphatic carbocycles. The number of thiophene rings is 1. The van der Waals surface area contributed by atoms with E-state index < -0.39 is 0 Å². The van der Waals surface area contributed by atoms with E-state index >= 15 is 0 Å². The Bertz CT molecular complexity index is 3660. The standard InChI is InChI=1S/C68H68BN2S/c1-40-30-42(3)61(43(4)31-40)48-34-51(50-33-46-20-16-17-21-47(46)35-57(50)70-49-24-22-45(23-25-49)44-18-14-13-15-19-44)62-59(36-48)71(58-38-55-53(32-41(58)2)65(5,6)26-28-67(55,9)10)63-52-37-54-56(39-60(52)72-64(63)69-62)68(11,12)29-27-66(54,7)8/h13-25,30-39,70H,26-29H2,1-12H3. The minimum Gasteiger partial charge on any atom is -0.355 e. The molecule has 0 fully saturated rings. The average molecular weight is 956 g/mol. The normalized spacial score (nSPS) is 16.9. The Morgan fingerprint density at radius 2 is 1.04 bits per heavy atom. The van der Waals surface area contributed by atoms with Gasteiger partial charge in [0, 0.05) is 38.4 Å². The fourth-order valence-corrected chi connectivity index (χ4v) is 14.2. The van der Waals surface area contributed by atoms with E-state index in [9.17, 15) is 0 Å². The van der Waals surface area contributed by atoms with Crippen LogP contribution in [0.1, 0.15) is 126 Å². The lowest BCUT2D eigenvalue weighted by molar-refractivity contribution is 0.332. The van der Waals surface area contributed by atoms with Crippen LogP contribution in [0, 0.1) is 27.7 Å². The van der Waals surface area contributed by atoms with Gasteiger partial charge in [0.1, 0.15) is 0 Å². The Balaban J connectivity index is 1.17. The minimum absolute atomic E-state index is 0.0420. The number of fused-ring (bicyclic) bond motifs is 7. The highest BCUT2D eigenvalue weighted by molar-refractivity contribution is 7.29. The van der Waals surface area contributed by atoms with Crippen molar-refractivity contribution in [3.63, 3.8) is 0 Å². The number of aryl methyl sites for hydroxylation is 4. The molecule has 72 heavy (non-hydrogen) atoms. The summed E-state index contributed by atoms with van der Waals surface area (Å²) in [6, 6.07) is 53.5. The summed E-state index contributed by atoms with van der Waals surface area (Å²) >= 11 is 1.98. The zero-order chi connectivity index (χ0) is 50.2. The first-order chi connectivity index (χ1) is 34.3. The minimum atomic E-state index is 0.0420. The molecule has 0 saturated carbocycles. The molecule has 2 heterocycles. The van der Waals surface area contributed by atoms with Crippen molar-refractivity contribution in [2.75, 3.05) is 10.2 Å². The lowest BCUT2D eigenvalue weighted by atomic mass is 9.60. The number of nitrogens with zero attached hydrogens (tertiary/aromatic N) is 1. The maximum atomic E-state index is 4.00. The lowest BCUT2D eigenvalue weighted by Gasteiger charge is -2.44. The van der Waals surface area contributed by atoms with Gasteiger partial charge in [0.25, 0.3) is 0 Å². The number of hydrogen-bond acceptors (Lipinski definition) is 3. The van der Waals surface area contributed by atoms with Gasteiger partial charge in [-0.3, -0.25) is 0 Å². The fraction of sp³-hybridized carbons (Fsp3) is 0.294. The molecule has 1 radical (unpaired) electrons. The molecule has 2 nitrogen and oxygen atoms in total. The molecule has 359 valence electrons. The Labute approximate surface area is 433 Å². The third-order valence-corrected chi connectivity index (χ3v) is 18.5. The highest BCUT2D eigenvalue weighted by Gasteiger charge is 2.42. The second kappa shape index (κ2) is 16.6. The molecule has 9 aromatic rings. The highest BCUT2D eigenvalue weighted by Crippen LogP contribution is 2.54. The predicted molar refractivity (Wildman–Crippen MR) is 315 cm³/mol. The van der Waals surface area contributed by atoms with Gasteiger partial charge in [-0.05, 0) is 217 Å². The molecule has 1 aromatic heterocycles. The number of rotatable bonds is 6. The zero-order valence-corrected chi connectivity index (χ0v) is 45.4. The van der Waals surface area contributed by atoms with Crippen LogP contribution in [0.2, 0.25) is 0 Å². The molecule has 12 rings (SSSR count). The van der Waals surface area contributed by atoms with Crippen LogP contribution in [0.15, 0.2) is 140 Å². The first-order valence-corrected chi connectivity index (χ1v) is 27.2. The van der Waals surface area contributed by atoms with Gasteiger partial charge < -0.3 is 10.2 Å². The van der Waals surface area contributed by atoms with Crippen LogP contribution in [-0.2, 0) is 21.7 Å². The summed E-state index contributed by atoms with van der Waals surface area (Å²) in [4.78, 5) is 2.73. The molecule has 0 bridgehead atoms. The number of hydrogen-bond donors (Lipinski definition) is 1. The molecule has 8 aromatic carbocycles. The topological polar surface area (TPSA) is 15.3 Å². The molecule has 0 atom stereocenters. The first-order valence-electron chi connectivity index (χ1n) is 26.4. The third kappa shape index (κ3) is 7.65. The lowest BCUT2D eigenvalue weighted by Crippen LogP contribution is -2.40. The van der Waals surface area contributed by atoms with Gasteiger partial charge in [-0.25, -0.2) is 0 Å². The van der Waals surface area contributed by atoms with Gasteiger partial charge in [-0.15, -0.1) is 11.3 Å². The Morgan fingerprint density at radius 1 is 0.486 bits per heavy atom. The van der Waals surface area contributed by atoms with Crippen molar-refractivity contribution in [1.29, 1.82) is 0 Å². The molecule has 1 N–H and O–H groups in total. The summed E-state index contributed by atoms with van der Waals surface area (Å²) in [6.45, 7) is 28.9. The van der Waals surface area contributed by atoms with Crippen LogP contribution in [0.3, 0.4) is 0 Å². The summed E-state index contributed by atoms with van der Waals surface area (Å²) < 4.78 is 2.69. The van der Waals surface area contributed by atoms with Crippen LogP contribution < -0.4 is 20.5 Å². The number of anilines is 5. The average Bonchev–Trinajstić information content (AvgIpc) is 3.70. The molecule has 0 spiro atoms. The van der Waals surface area contributed by atoms with Crippen molar-refractivity contribution in [2.24, 2.45) is 0 Å². The third-order valence-electron chi connectivity index (χ3n) is 17.4. The molecule has 0 amide bonds. The molecular formula is C68H68BN2S. The van der Waals surface area contributed by atoms with E-state index in [-0.39, 0.29) is 21.7 Å². The van der Waals surface area contributed by atoms with E-state index in [1.54, 1.807) is 0 Å². The van der Waals surface area contributed by atoms with Gasteiger partial charge in [-0.1, -0.05) is 146 Å². The van der Waals surface area contributed by atoms with E-state index in [4.69, 9.17) is 0 Å². The van der Waals surface area contributed by atoms with Crippen LogP contribution in [0.4, 0.5) is 28.4 Å². The Kier molecular flexibility index (Phi) is 10.8. The van der Waals surface area contributed by atoms with Gasteiger partial charge in [0.2, 0.25) is 7.28 Å². The summed E-state index contributed by atoms with van der Waals surface area (Å²) in [5, 5.41) is 7.80.